The molecule has 0 radical (unpaired) electrons. The Hall–Kier alpha value is -3.29. The predicted octanol–water partition coefficient (Wildman–Crippen LogP) is 4.72. The number of aromatic nitrogens is 1. The van der Waals surface area contributed by atoms with Crippen molar-refractivity contribution in [2.75, 3.05) is 0 Å². The van der Waals surface area contributed by atoms with Gasteiger partial charge in [0.15, 0.2) is 5.17 Å². The molecule has 4 rings (SSSR count). The van der Waals surface area contributed by atoms with Crippen LogP contribution in [0.3, 0.4) is 0 Å². The van der Waals surface area contributed by atoms with Crippen LogP contribution >= 0.6 is 23.4 Å². The largest absolute Gasteiger partial charge is 0.478 e. The Morgan fingerprint density at radius 3 is 2.76 bits per heavy atom. The van der Waals surface area contributed by atoms with E-state index in [1.807, 2.05) is 29.0 Å². The molecule has 1 aliphatic heterocycles. The van der Waals surface area contributed by atoms with E-state index in [0.29, 0.717) is 26.5 Å². The molecule has 2 aromatic carbocycles. The zero-order chi connectivity index (χ0) is 20.4. The van der Waals surface area contributed by atoms with Gasteiger partial charge in [-0.05, 0) is 66.4 Å². The van der Waals surface area contributed by atoms with E-state index in [2.05, 4.69) is 10.3 Å². The third-order valence-corrected chi connectivity index (χ3v) is 5.27. The number of nitrogens with zero attached hydrogens (tertiary/aromatic N) is 2. The van der Waals surface area contributed by atoms with Crippen molar-refractivity contribution in [3.63, 3.8) is 0 Å². The highest BCUT2D eigenvalue weighted by atomic mass is 35.5. The highest BCUT2D eigenvalue weighted by Gasteiger charge is 2.24. The lowest BCUT2D eigenvalue weighted by atomic mass is 10.2. The lowest BCUT2D eigenvalue weighted by Crippen LogP contribution is -2.19. The number of aromatic carboxylic acids is 1. The summed E-state index contributed by atoms with van der Waals surface area (Å²) in [6.45, 7) is 0. The van der Waals surface area contributed by atoms with Crippen LogP contribution in [0.15, 0.2) is 76.8 Å². The highest BCUT2D eigenvalue weighted by Crippen LogP contribution is 2.29. The normalized spacial score (nSPS) is 16.4. The minimum Gasteiger partial charge on any atom is -0.478 e. The van der Waals surface area contributed by atoms with Gasteiger partial charge >= 0.3 is 5.97 Å². The van der Waals surface area contributed by atoms with E-state index >= 15 is 0 Å². The minimum absolute atomic E-state index is 0.193. The number of halogens is 1. The molecule has 1 amide bonds. The summed E-state index contributed by atoms with van der Waals surface area (Å²) in [6.07, 6.45) is 3.56. The monoisotopic (exact) mass is 423 g/mol. The number of amidine groups is 1. The van der Waals surface area contributed by atoms with Crippen molar-refractivity contribution in [1.82, 2.24) is 9.88 Å². The molecule has 0 unspecified atom stereocenters. The molecule has 2 heterocycles. The fourth-order valence-corrected chi connectivity index (χ4v) is 3.82. The van der Waals surface area contributed by atoms with E-state index in [4.69, 9.17) is 11.6 Å². The summed E-state index contributed by atoms with van der Waals surface area (Å²) < 4.78 is 1.82. The first-order valence-electron chi connectivity index (χ1n) is 8.56. The van der Waals surface area contributed by atoms with Crippen LogP contribution in [0.1, 0.15) is 16.1 Å². The van der Waals surface area contributed by atoms with E-state index in [9.17, 15) is 14.7 Å². The fourth-order valence-electron chi connectivity index (χ4n) is 2.81. The van der Waals surface area contributed by atoms with Crippen molar-refractivity contribution in [3.8, 4) is 5.69 Å². The van der Waals surface area contributed by atoms with E-state index in [-0.39, 0.29) is 11.5 Å². The molecule has 144 valence electrons. The van der Waals surface area contributed by atoms with Gasteiger partial charge < -0.3 is 15.0 Å². The lowest BCUT2D eigenvalue weighted by molar-refractivity contribution is -0.115. The van der Waals surface area contributed by atoms with Crippen LogP contribution in [-0.2, 0) is 4.79 Å². The molecule has 2 N–H and O–H groups in total. The van der Waals surface area contributed by atoms with Gasteiger partial charge in [-0.2, -0.15) is 0 Å². The zero-order valence-electron chi connectivity index (χ0n) is 14.9. The van der Waals surface area contributed by atoms with Crippen LogP contribution in [0.25, 0.3) is 11.8 Å². The van der Waals surface area contributed by atoms with Crippen LogP contribution in [0.5, 0.6) is 0 Å². The Labute approximate surface area is 175 Å². The van der Waals surface area contributed by atoms with Crippen molar-refractivity contribution in [2.24, 2.45) is 4.99 Å². The smallest absolute Gasteiger partial charge is 0.335 e. The maximum Gasteiger partial charge on any atom is 0.335 e. The first kappa shape index (κ1) is 19.0. The second-order valence-electron chi connectivity index (χ2n) is 6.12. The number of benzene rings is 2. The molecule has 1 aromatic heterocycles. The molecule has 29 heavy (non-hydrogen) atoms. The third kappa shape index (κ3) is 4.26. The topological polar surface area (TPSA) is 83.7 Å². The molecule has 0 aliphatic carbocycles. The van der Waals surface area contributed by atoms with E-state index in [1.54, 1.807) is 42.5 Å². The second kappa shape index (κ2) is 7.98. The Morgan fingerprint density at radius 1 is 1.14 bits per heavy atom. The van der Waals surface area contributed by atoms with Crippen molar-refractivity contribution in [2.45, 2.75) is 0 Å². The van der Waals surface area contributed by atoms with Crippen molar-refractivity contribution in [3.05, 3.63) is 88.0 Å². The van der Waals surface area contributed by atoms with Crippen LogP contribution in [0, 0.1) is 0 Å². The summed E-state index contributed by atoms with van der Waals surface area (Å²) in [7, 11) is 0. The van der Waals surface area contributed by atoms with Crippen molar-refractivity contribution >= 4 is 52.2 Å². The average molecular weight is 424 g/mol. The molecule has 0 atom stereocenters. The Bertz CT molecular complexity index is 1180. The summed E-state index contributed by atoms with van der Waals surface area (Å²) in [5, 5.41) is 13.0. The molecule has 1 fully saturated rings. The number of carboxylic acids is 1. The molecule has 1 saturated heterocycles. The van der Waals surface area contributed by atoms with E-state index in [0.717, 1.165) is 5.69 Å². The summed E-state index contributed by atoms with van der Waals surface area (Å²) in [4.78, 5) is 28.5. The molecular weight excluding hydrogens is 410 g/mol. The van der Waals surface area contributed by atoms with Crippen LogP contribution in [-0.4, -0.2) is 26.7 Å². The fraction of sp³-hybridized carbons (Fsp3) is 0. The van der Waals surface area contributed by atoms with Gasteiger partial charge in [-0.15, -0.1) is 0 Å². The maximum absolute atomic E-state index is 12.4. The number of nitrogens with one attached hydrogen (secondary N) is 1. The second-order valence-corrected chi connectivity index (χ2v) is 7.59. The van der Waals surface area contributed by atoms with Crippen LogP contribution in [0.2, 0.25) is 5.02 Å². The number of carbonyl (C=O) groups is 2. The van der Waals surface area contributed by atoms with Crippen molar-refractivity contribution < 1.29 is 14.7 Å². The van der Waals surface area contributed by atoms with Gasteiger partial charge in [0, 0.05) is 22.6 Å². The first-order valence-corrected chi connectivity index (χ1v) is 9.75. The van der Waals surface area contributed by atoms with E-state index in [1.165, 1.54) is 17.8 Å². The van der Waals surface area contributed by atoms with Gasteiger partial charge in [0.2, 0.25) is 0 Å². The molecule has 1 aliphatic rings. The predicted molar refractivity (Wildman–Crippen MR) is 115 cm³/mol. The standard InChI is InChI=1S/C21H14ClN3O3S/c22-14-5-2-6-15(11-14)23-21-24-19(26)18(29-21)12-17-8-3-9-25(17)16-7-1-4-13(10-16)20(27)28/h1-12H,(H,27,28)(H,23,24,26)/b18-12-. The minimum atomic E-state index is -0.994. The SMILES string of the molecule is O=C1NC(=Nc2cccc(Cl)c2)S/C1=C\c1cccn1-c1cccc(C(=O)O)c1. The molecule has 3 aromatic rings. The summed E-state index contributed by atoms with van der Waals surface area (Å²) in [5.74, 6) is -1.24. The Morgan fingerprint density at radius 2 is 1.97 bits per heavy atom. The first-order chi connectivity index (χ1) is 14.0. The number of hydrogen-bond acceptors (Lipinski definition) is 4. The number of carboxylic acid groups (broad SMARTS) is 1. The van der Waals surface area contributed by atoms with Crippen LogP contribution < -0.4 is 5.32 Å². The number of thioether (sulfide) groups is 1. The molecule has 6 nitrogen and oxygen atoms in total. The average Bonchev–Trinajstić information content (AvgIpc) is 3.29. The third-order valence-electron chi connectivity index (χ3n) is 4.12. The molecular formula is C21H14ClN3O3S. The van der Waals surface area contributed by atoms with Gasteiger partial charge in [-0.3, -0.25) is 4.79 Å². The van der Waals surface area contributed by atoms with Gasteiger partial charge in [-0.1, -0.05) is 23.7 Å². The summed E-state index contributed by atoms with van der Waals surface area (Å²) in [5.41, 5.74) is 2.28. The Kier molecular flexibility index (Phi) is 5.24. The molecule has 0 spiro atoms. The van der Waals surface area contributed by atoms with Gasteiger partial charge in [0.05, 0.1) is 16.2 Å². The van der Waals surface area contributed by atoms with Gasteiger partial charge in [0.1, 0.15) is 0 Å². The van der Waals surface area contributed by atoms with Crippen LogP contribution in [0.4, 0.5) is 5.69 Å². The number of aliphatic imine (C=N–C) groups is 1. The Balaban J connectivity index is 1.63. The lowest BCUT2D eigenvalue weighted by Gasteiger charge is -2.07. The highest BCUT2D eigenvalue weighted by molar-refractivity contribution is 8.18. The summed E-state index contributed by atoms with van der Waals surface area (Å²) in [6, 6.07) is 17.3. The van der Waals surface area contributed by atoms with Gasteiger partial charge in [0.25, 0.3) is 5.91 Å². The van der Waals surface area contributed by atoms with Crippen molar-refractivity contribution in [1.29, 1.82) is 0 Å². The molecule has 0 saturated carbocycles. The quantitative estimate of drug-likeness (QED) is 0.594. The van der Waals surface area contributed by atoms with Gasteiger partial charge in [-0.25, -0.2) is 9.79 Å². The maximum atomic E-state index is 12.4. The summed E-state index contributed by atoms with van der Waals surface area (Å²) >= 11 is 7.20. The molecule has 0 bridgehead atoms. The number of amides is 1. The zero-order valence-corrected chi connectivity index (χ0v) is 16.4. The number of carbonyl (C=O) groups excluding carboxylic acids is 1. The number of rotatable bonds is 4. The number of hydrogen-bond donors (Lipinski definition) is 2. The molecule has 8 heteroatoms. The van der Waals surface area contributed by atoms with E-state index < -0.39 is 5.97 Å².